The molecule has 13 nitrogen and oxygen atoms in total. The number of nitrogens with zero attached hydrogens (tertiary/aromatic N) is 3. The number of carbonyl (C=O) groups is 6. The molecule has 3 fully saturated rings. The Hall–Kier alpha value is -4.34. The average Bonchev–Trinajstić information content (AvgIpc) is 3.82. The van der Waals surface area contributed by atoms with Gasteiger partial charge in [0.25, 0.3) is 11.8 Å². The number of terminal acetylenes is 1. The first kappa shape index (κ1) is 39.4. The lowest BCUT2D eigenvalue weighted by molar-refractivity contribution is -0.146. The fraction of sp³-hybridized carbons (Fsp3) is 0.684. The Kier molecular flexibility index (Phi) is 13.7. The third-order valence-corrected chi connectivity index (χ3v) is 10.1. The van der Waals surface area contributed by atoms with E-state index in [1.54, 1.807) is 0 Å². The first-order chi connectivity index (χ1) is 24.2. The summed E-state index contributed by atoms with van der Waals surface area (Å²) in [6.07, 6.45) is 17.1. The van der Waals surface area contributed by atoms with E-state index in [-0.39, 0.29) is 48.9 Å². The van der Waals surface area contributed by atoms with Gasteiger partial charge in [0.1, 0.15) is 23.8 Å². The molecule has 0 spiro atoms. The minimum absolute atomic E-state index is 0.0358. The van der Waals surface area contributed by atoms with Gasteiger partial charge in [-0.1, -0.05) is 53.9 Å². The van der Waals surface area contributed by atoms with Crippen LogP contribution in [0.5, 0.6) is 0 Å². The first-order valence-electron chi connectivity index (χ1n) is 18.5. The molecule has 4 rings (SSSR count). The summed E-state index contributed by atoms with van der Waals surface area (Å²) in [4.78, 5) is 91.6. The van der Waals surface area contributed by atoms with Gasteiger partial charge in [-0.2, -0.15) is 0 Å². The summed E-state index contributed by atoms with van der Waals surface area (Å²) in [6.45, 7) is 9.88. The maximum atomic E-state index is 14.6. The first-order valence-corrected chi connectivity index (χ1v) is 18.5. The summed E-state index contributed by atoms with van der Waals surface area (Å²) in [7, 11) is 0. The Morgan fingerprint density at radius 2 is 1.67 bits per heavy atom. The number of ketones is 1. The van der Waals surface area contributed by atoms with Crippen LogP contribution in [0.25, 0.3) is 0 Å². The van der Waals surface area contributed by atoms with Crippen molar-refractivity contribution >= 4 is 35.3 Å². The van der Waals surface area contributed by atoms with Crippen LogP contribution in [0.4, 0.5) is 0 Å². The minimum Gasteiger partial charge on any atom is -0.347 e. The molecule has 1 unspecified atom stereocenters. The predicted molar refractivity (Wildman–Crippen MR) is 190 cm³/mol. The van der Waals surface area contributed by atoms with Gasteiger partial charge in [0.15, 0.2) is 0 Å². The number of hydrogen-bond donors (Lipinski definition) is 4. The Bertz CT molecular complexity index is 1460. The van der Waals surface area contributed by atoms with Crippen molar-refractivity contribution < 1.29 is 28.8 Å². The lowest BCUT2D eigenvalue weighted by Crippen LogP contribution is -2.62. The van der Waals surface area contributed by atoms with E-state index in [1.165, 1.54) is 23.5 Å². The van der Waals surface area contributed by atoms with Crippen LogP contribution >= 0.6 is 0 Å². The SMILES string of the molecule is C#CCCC(NC(=O)[C@@H]1[C@@H](CC(C)C)CCN1C(=O)[C@@H](NC(=O)[C@@H](NC(=O)c1cnccn1)C1CCCCC1)C(C)(C)C)C(=O)C(=O)NC1CC1. The Labute approximate surface area is 301 Å². The third-order valence-electron chi connectivity index (χ3n) is 10.1. The number of likely N-dealkylation sites (tertiary alicyclic amines) is 1. The molecule has 2 heterocycles. The van der Waals surface area contributed by atoms with Crippen LogP contribution in [0, 0.1) is 35.5 Å². The van der Waals surface area contributed by atoms with E-state index < -0.39 is 64.9 Å². The highest BCUT2D eigenvalue weighted by atomic mass is 16.2. The van der Waals surface area contributed by atoms with E-state index in [2.05, 4.69) is 37.2 Å². The van der Waals surface area contributed by atoms with Crippen molar-refractivity contribution in [1.82, 2.24) is 36.1 Å². The normalized spacial score (nSPS) is 21.2. The van der Waals surface area contributed by atoms with Crippen LogP contribution in [-0.4, -0.2) is 86.9 Å². The fourth-order valence-electron chi connectivity index (χ4n) is 7.25. The van der Waals surface area contributed by atoms with Crippen LogP contribution in [0.15, 0.2) is 18.6 Å². The predicted octanol–water partition coefficient (Wildman–Crippen LogP) is 2.70. The Morgan fingerprint density at radius 1 is 0.961 bits per heavy atom. The van der Waals surface area contributed by atoms with E-state index in [0.717, 1.165) is 44.9 Å². The van der Waals surface area contributed by atoms with Crippen LogP contribution < -0.4 is 21.3 Å². The zero-order valence-electron chi connectivity index (χ0n) is 30.7. The van der Waals surface area contributed by atoms with Gasteiger partial charge in [0.2, 0.25) is 23.5 Å². The summed E-state index contributed by atoms with van der Waals surface area (Å²) >= 11 is 0. The summed E-state index contributed by atoms with van der Waals surface area (Å²) in [5.41, 5.74) is -0.692. The molecule has 1 aliphatic heterocycles. The smallest absolute Gasteiger partial charge is 0.289 e. The van der Waals surface area contributed by atoms with Crippen molar-refractivity contribution in [1.29, 1.82) is 0 Å². The van der Waals surface area contributed by atoms with E-state index in [0.29, 0.717) is 12.8 Å². The molecule has 5 atom stereocenters. The van der Waals surface area contributed by atoms with Crippen LogP contribution in [-0.2, 0) is 24.0 Å². The lowest BCUT2D eigenvalue weighted by atomic mass is 9.82. The molecule has 3 aliphatic rings. The van der Waals surface area contributed by atoms with Gasteiger partial charge >= 0.3 is 0 Å². The molecule has 4 N–H and O–H groups in total. The minimum atomic E-state index is -1.14. The molecule has 278 valence electrons. The van der Waals surface area contributed by atoms with Crippen molar-refractivity contribution in [2.75, 3.05) is 6.54 Å². The number of nitrogens with one attached hydrogen (secondary N) is 4. The molecular formula is C38H55N7O6. The fourth-order valence-corrected chi connectivity index (χ4v) is 7.25. The molecule has 0 aromatic carbocycles. The number of carbonyl (C=O) groups excluding carboxylic acids is 6. The van der Waals surface area contributed by atoms with Gasteiger partial charge in [0, 0.05) is 31.4 Å². The van der Waals surface area contributed by atoms with E-state index >= 15 is 0 Å². The van der Waals surface area contributed by atoms with E-state index in [4.69, 9.17) is 6.42 Å². The average molecular weight is 706 g/mol. The van der Waals surface area contributed by atoms with Gasteiger partial charge in [-0.15, -0.1) is 12.3 Å². The zero-order chi connectivity index (χ0) is 37.3. The Balaban J connectivity index is 1.58. The lowest BCUT2D eigenvalue weighted by Gasteiger charge is -2.38. The monoisotopic (exact) mass is 705 g/mol. The van der Waals surface area contributed by atoms with Crippen molar-refractivity contribution in [2.24, 2.45) is 23.2 Å². The van der Waals surface area contributed by atoms with Crippen molar-refractivity contribution in [2.45, 2.75) is 135 Å². The van der Waals surface area contributed by atoms with Crippen LogP contribution in [0.2, 0.25) is 0 Å². The number of hydrogen-bond acceptors (Lipinski definition) is 8. The van der Waals surface area contributed by atoms with E-state index in [9.17, 15) is 28.8 Å². The van der Waals surface area contributed by atoms with Gasteiger partial charge in [-0.25, -0.2) is 4.98 Å². The van der Waals surface area contributed by atoms with Gasteiger partial charge in [-0.05, 0) is 68.1 Å². The molecule has 0 radical (unpaired) electrons. The molecule has 1 aromatic rings. The molecule has 5 amide bonds. The summed E-state index contributed by atoms with van der Waals surface area (Å²) in [5, 5.41) is 11.3. The number of rotatable bonds is 15. The van der Waals surface area contributed by atoms with Gasteiger partial charge in [-0.3, -0.25) is 33.8 Å². The van der Waals surface area contributed by atoms with Crippen molar-refractivity contribution in [3.63, 3.8) is 0 Å². The molecule has 51 heavy (non-hydrogen) atoms. The molecule has 0 bridgehead atoms. The topological polar surface area (TPSA) is 180 Å². The second-order valence-corrected chi connectivity index (χ2v) is 15.8. The maximum absolute atomic E-state index is 14.6. The zero-order valence-corrected chi connectivity index (χ0v) is 30.7. The second-order valence-electron chi connectivity index (χ2n) is 15.8. The van der Waals surface area contributed by atoms with Gasteiger partial charge in [0.05, 0.1) is 12.2 Å². The molecule has 2 saturated carbocycles. The molecule has 2 aliphatic carbocycles. The maximum Gasteiger partial charge on any atom is 0.289 e. The molecule has 1 saturated heterocycles. The van der Waals surface area contributed by atoms with Crippen molar-refractivity contribution in [3.05, 3.63) is 24.3 Å². The Morgan fingerprint density at radius 3 is 2.25 bits per heavy atom. The summed E-state index contributed by atoms with van der Waals surface area (Å²) in [5.74, 6) is -1.14. The number of Topliss-reactive ketones (excluding diaryl/α,β-unsaturated/α-hetero) is 1. The number of amides is 5. The molecule has 13 heteroatoms. The largest absolute Gasteiger partial charge is 0.347 e. The summed E-state index contributed by atoms with van der Waals surface area (Å²) in [6, 6.07) is -4.06. The second kappa shape index (κ2) is 17.7. The van der Waals surface area contributed by atoms with Crippen molar-refractivity contribution in [3.8, 4) is 12.3 Å². The van der Waals surface area contributed by atoms with Crippen LogP contribution in [0.1, 0.15) is 116 Å². The van der Waals surface area contributed by atoms with Crippen LogP contribution in [0.3, 0.4) is 0 Å². The van der Waals surface area contributed by atoms with Gasteiger partial charge < -0.3 is 26.2 Å². The van der Waals surface area contributed by atoms with E-state index in [1.807, 2.05) is 34.6 Å². The highest BCUT2D eigenvalue weighted by Crippen LogP contribution is 2.34. The molecule has 1 aromatic heterocycles. The standard InChI is InChI=1S/C38H55N7O6/c1-7-8-14-27(31(46)36(50)41-26-15-16-26)42-35(49)30-25(21-23(2)3)17-20-45(30)37(51)32(38(4,5)6)44-34(48)29(24-12-10-9-11-13-24)43-33(47)28-22-39-18-19-40-28/h1,18-19,22-27,29-30,32H,8-17,20-21H2,2-6H3,(H,41,50)(H,42,49)(H,43,47)(H,44,48)/t25-,27?,29+,30+,32-/m1/s1. The summed E-state index contributed by atoms with van der Waals surface area (Å²) < 4.78 is 0. The highest BCUT2D eigenvalue weighted by Gasteiger charge is 2.48. The third kappa shape index (κ3) is 10.8. The highest BCUT2D eigenvalue weighted by molar-refractivity contribution is 6.38. The molecular weight excluding hydrogens is 650 g/mol. The quantitative estimate of drug-likeness (QED) is 0.159. The number of aromatic nitrogens is 2.